The van der Waals surface area contributed by atoms with Crippen LogP contribution in [0.3, 0.4) is 0 Å². The molecule has 1 aromatic heterocycles. The van der Waals surface area contributed by atoms with Crippen LogP contribution < -0.4 is 5.32 Å². The molecule has 1 atom stereocenters. The van der Waals surface area contributed by atoms with Crippen molar-refractivity contribution in [1.29, 1.82) is 0 Å². The Morgan fingerprint density at radius 1 is 1.29 bits per heavy atom. The maximum atomic E-state index is 12.5. The number of fused-ring (bicyclic) bond motifs is 3. The molecule has 3 saturated heterocycles. The third kappa shape index (κ3) is 3.45. The lowest BCUT2D eigenvalue weighted by Gasteiger charge is -2.44. The summed E-state index contributed by atoms with van der Waals surface area (Å²) >= 11 is 7.16. The van der Waals surface area contributed by atoms with Crippen LogP contribution in [0.1, 0.15) is 23.2 Å². The smallest absolute Gasteiger partial charge is 0.251 e. The monoisotopic (exact) mass is 363 g/mol. The summed E-state index contributed by atoms with van der Waals surface area (Å²) < 4.78 is 4.83. The number of hydrogen-bond acceptors (Lipinski definition) is 5. The summed E-state index contributed by atoms with van der Waals surface area (Å²) in [5.41, 5.74) is 0.689. The number of rotatable bonds is 4. The van der Waals surface area contributed by atoms with Crippen LogP contribution in [-0.2, 0) is 0 Å². The van der Waals surface area contributed by atoms with Crippen LogP contribution in [0.15, 0.2) is 44.8 Å². The van der Waals surface area contributed by atoms with Gasteiger partial charge in [0.25, 0.3) is 5.91 Å². The third-order valence-electron chi connectivity index (χ3n) is 4.77. The molecule has 3 aliphatic rings. The molecule has 0 radical (unpaired) electrons. The molecule has 0 spiro atoms. The average molecular weight is 364 g/mol. The van der Waals surface area contributed by atoms with Crippen molar-refractivity contribution in [3.8, 4) is 0 Å². The maximum absolute atomic E-state index is 12.5. The number of nitrogens with zero attached hydrogens (tertiary/aromatic N) is 2. The van der Waals surface area contributed by atoms with Gasteiger partial charge < -0.3 is 14.7 Å². The molecule has 2 aromatic rings. The van der Waals surface area contributed by atoms with Crippen LogP contribution in [0.4, 0.5) is 0 Å². The van der Waals surface area contributed by atoms with Crippen LogP contribution in [0.5, 0.6) is 0 Å². The number of hydrogen-bond donors (Lipinski definition) is 1. The van der Waals surface area contributed by atoms with Gasteiger partial charge in [-0.25, -0.2) is 0 Å². The Hall–Kier alpha value is -1.50. The zero-order valence-electron chi connectivity index (χ0n) is 13.1. The number of nitrogens with one attached hydrogen (secondary N) is 1. The SMILES string of the molecule is O=C(NC1CN2CCC1CC2)c1ccc(Sc2cc(Cl)on2)cc1. The van der Waals surface area contributed by atoms with Crippen LogP contribution >= 0.6 is 23.4 Å². The largest absolute Gasteiger partial charge is 0.348 e. The van der Waals surface area contributed by atoms with Crippen molar-refractivity contribution in [1.82, 2.24) is 15.4 Å². The number of carbonyl (C=O) groups excluding carboxylic acids is 1. The minimum absolute atomic E-state index is 0.00906. The Morgan fingerprint density at radius 2 is 2.04 bits per heavy atom. The van der Waals surface area contributed by atoms with Crippen molar-refractivity contribution in [2.24, 2.45) is 5.92 Å². The molecule has 1 amide bonds. The van der Waals surface area contributed by atoms with Gasteiger partial charge in [-0.05, 0) is 67.7 Å². The van der Waals surface area contributed by atoms with Crippen LogP contribution in [0, 0.1) is 5.92 Å². The lowest BCUT2D eigenvalue weighted by molar-refractivity contribution is 0.0620. The van der Waals surface area contributed by atoms with Gasteiger partial charge in [0.2, 0.25) is 5.22 Å². The lowest BCUT2D eigenvalue weighted by Crippen LogP contribution is -2.57. The average Bonchev–Trinajstić information content (AvgIpc) is 3.01. The molecule has 0 saturated carbocycles. The summed E-state index contributed by atoms with van der Waals surface area (Å²) in [7, 11) is 0. The first kappa shape index (κ1) is 16.0. The second kappa shape index (κ2) is 6.78. The zero-order chi connectivity index (χ0) is 16.5. The molecule has 126 valence electrons. The van der Waals surface area contributed by atoms with Gasteiger partial charge in [0.15, 0.2) is 0 Å². The Morgan fingerprint density at radius 3 is 2.62 bits per heavy atom. The first-order chi connectivity index (χ1) is 11.7. The molecule has 24 heavy (non-hydrogen) atoms. The van der Waals surface area contributed by atoms with E-state index >= 15 is 0 Å². The number of piperidine rings is 3. The van der Waals surface area contributed by atoms with Crippen molar-refractivity contribution < 1.29 is 9.32 Å². The molecular formula is C17H18ClN3O2S. The molecule has 0 aliphatic carbocycles. The molecular weight excluding hydrogens is 346 g/mol. The zero-order valence-corrected chi connectivity index (χ0v) is 14.6. The minimum atomic E-state index is 0.00906. The predicted octanol–water partition coefficient (Wildman–Crippen LogP) is 3.30. The number of carbonyl (C=O) groups is 1. The van der Waals surface area contributed by atoms with E-state index in [-0.39, 0.29) is 17.2 Å². The fourth-order valence-electron chi connectivity index (χ4n) is 3.46. The van der Waals surface area contributed by atoms with Gasteiger partial charge in [-0.2, -0.15) is 0 Å². The number of aromatic nitrogens is 1. The Labute approximate surface area is 149 Å². The Kier molecular flexibility index (Phi) is 4.52. The second-order valence-electron chi connectivity index (χ2n) is 6.31. The van der Waals surface area contributed by atoms with Crippen molar-refractivity contribution in [3.05, 3.63) is 41.1 Å². The lowest BCUT2D eigenvalue weighted by atomic mass is 9.84. The molecule has 5 rings (SSSR count). The molecule has 4 heterocycles. The van der Waals surface area contributed by atoms with Crippen molar-refractivity contribution in [3.63, 3.8) is 0 Å². The van der Waals surface area contributed by atoms with Crippen molar-refractivity contribution in [2.45, 2.75) is 28.8 Å². The molecule has 5 nitrogen and oxygen atoms in total. The van der Waals surface area contributed by atoms with Gasteiger partial charge in [-0.3, -0.25) is 4.79 Å². The summed E-state index contributed by atoms with van der Waals surface area (Å²) in [6, 6.07) is 9.48. The van der Waals surface area contributed by atoms with E-state index in [0.29, 0.717) is 16.5 Å². The third-order valence-corrected chi connectivity index (χ3v) is 5.86. The normalized spacial score (nSPS) is 25.6. The fourth-order valence-corrected chi connectivity index (χ4v) is 4.42. The van der Waals surface area contributed by atoms with Gasteiger partial charge >= 0.3 is 0 Å². The van der Waals surface area contributed by atoms with Gasteiger partial charge in [-0.1, -0.05) is 16.9 Å². The number of halogens is 1. The van der Waals surface area contributed by atoms with E-state index in [1.165, 1.54) is 37.7 Å². The van der Waals surface area contributed by atoms with Gasteiger partial charge in [0.05, 0.1) is 0 Å². The minimum Gasteiger partial charge on any atom is -0.348 e. The van der Waals surface area contributed by atoms with E-state index in [4.69, 9.17) is 16.1 Å². The molecule has 1 unspecified atom stereocenters. The van der Waals surface area contributed by atoms with Gasteiger partial charge in [-0.15, -0.1) is 0 Å². The van der Waals surface area contributed by atoms with E-state index in [1.807, 2.05) is 24.3 Å². The van der Waals surface area contributed by atoms with Crippen LogP contribution in [-0.4, -0.2) is 41.6 Å². The first-order valence-electron chi connectivity index (χ1n) is 8.11. The summed E-state index contributed by atoms with van der Waals surface area (Å²) in [4.78, 5) is 15.9. The summed E-state index contributed by atoms with van der Waals surface area (Å²) in [5.74, 6) is 0.639. The van der Waals surface area contributed by atoms with E-state index < -0.39 is 0 Å². The number of amides is 1. The quantitative estimate of drug-likeness (QED) is 0.903. The van der Waals surface area contributed by atoms with E-state index in [2.05, 4.69) is 15.4 Å². The highest BCUT2D eigenvalue weighted by molar-refractivity contribution is 7.99. The first-order valence-corrected chi connectivity index (χ1v) is 9.30. The maximum Gasteiger partial charge on any atom is 0.251 e. The van der Waals surface area contributed by atoms with Gasteiger partial charge in [0, 0.05) is 29.1 Å². The topological polar surface area (TPSA) is 58.4 Å². The highest BCUT2D eigenvalue weighted by Gasteiger charge is 2.34. The molecule has 1 N–H and O–H groups in total. The molecule has 3 fully saturated rings. The highest BCUT2D eigenvalue weighted by atomic mass is 35.5. The molecule has 7 heteroatoms. The summed E-state index contributed by atoms with van der Waals surface area (Å²) in [5, 5.41) is 8.01. The van der Waals surface area contributed by atoms with E-state index in [9.17, 15) is 4.79 Å². The van der Waals surface area contributed by atoms with E-state index in [1.54, 1.807) is 6.07 Å². The summed E-state index contributed by atoms with van der Waals surface area (Å²) in [6.45, 7) is 3.33. The standard InChI is InChI=1S/C17H18ClN3O2S/c18-15-9-16(20-23-15)24-13-3-1-12(2-4-13)17(22)19-14-10-21-7-5-11(14)6-8-21/h1-4,9,11,14H,5-8,10H2,(H,19,22). The van der Waals surface area contributed by atoms with Crippen LogP contribution in [0.2, 0.25) is 5.22 Å². The predicted molar refractivity (Wildman–Crippen MR) is 92.5 cm³/mol. The fraction of sp³-hybridized carbons (Fsp3) is 0.412. The molecule has 3 aliphatic heterocycles. The second-order valence-corrected chi connectivity index (χ2v) is 7.78. The van der Waals surface area contributed by atoms with Crippen molar-refractivity contribution in [2.75, 3.05) is 19.6 Å². The van der Waals surface area contributed by atoms with Gasteiger partial charge in [0.1, 0.15) is 5.03 Å². The van der Waals surface area contributed by atoms with Crippen molar-refractivity contribution >= 4 is 29.3 Å². The molecule has 2 bridgehead atoms. The van der Waals surface area contributed by atoms with Crippen LogP contribution in [0.25, 0.3) is 0 Å². The highest BCUT2D eigenvalue weighted by Crippen LogP contribution is 2.29. The molecule has 1 aromatic carbocycles. The summed E-state index contributed by atoms with van der Waals surface area (Å²) in [6.07, 6.45) is 2.39. The number of benzene rings is 1. The van der Waals surface area contributed by atoms with E-state index in [0.717, 1.165) is 11.4 Å². The Bertz CT molecular complexity index is 726. The Balaban J connectivity index is 1.38.